The lowest BCUT2D eigenvalue weighted by atomic mass is 9.86. The molecular weight excluding hydrogens is 260 g/mol. The number of esters is 1. The topological polar surface area (TPSA) is 26.3 Å². The van der Waals surface area contributed by atoms with Gasteiger partial charge in [-0.25, -0.2) is 4.79 Å². The van der Waals surface area contributed by atoms with Crippen molar-refractivity contribution in [1.82, 2.24) is 0 Å². The lowest BCUT2D eigenvalue weighted by Crippen LogP contribution is -2.31. The number of ether oxygens (including phenoxy) is 1. The molecule has 2 aromatic carbocycles. The molecule has 2 rings (SSSR count). The zero-order valence-corrected chi connectivity index (χ0v) is 13.3. The van der Waals surface area contributed by atoms with Crippen LogP contribution in [0.15, 0.2) is 42.5 Å². The van der Waals surface area contributed by atoms with Crippen molar-refractivity contribution in [3.05, 3.63) is 48.0 Å². The Balaban J connectivity index is 2.30. The minimum absolute atomic E-state index is 0.0454. The Bertz CT molecular complexity index is 617. The summed E-state index contributed by atoms with van der Waals surface area (Å²) in [4.78, 5) is 12.6. The molecular formula is C19H24O2. The molecule has 2 aromatic rings. The Morgan fingerprint density at radius 1 is 1.10 bits per heavy atom. The summed E-state index contributed by atoms with van der Waals surface area (Å²) in [6.45, 7) is 8.46. The van der Waals surface area contributed by atoms with Gasteiger partial charge in [0, 0.05) is 0 Å². The van der Waals surface area contributed by atoms with Crippen molar-refractivity contribution in [3.63, 3.8) is 0 Å². The van der Waals surface area contributed by atoms with E-state index in [9.17, 15) is 4.79 Å². The first-order valence-corrected chi connectivity index (χ1v) is 7.62. The molecule has 112 valence electrons. The number of hydrogen-bond donors (Lipinski definition) is 0. The molecule has 0 amide bonds. The summed E-state index contributed by atoms with van der Waals surface area (Å²) >= 11 is 0. The van der Waals surface area contributed by atoms with Crippen molar-refractivity contribution in [2.24, 2.45) is 5.41 Å². The Hall–Kier alpha value is -1.83. The number of fused-ring (bicyclic) bond motifs is 1. The zero-order chi connectivity index (χ0) is 15.5. The van der Waals surface area contributed by atoms with Crippen LogP contribution in [0.3, 0.4) is 0 Å². The largest absolute Gasteiger partial charge is 0.458 e. The fraction of sp³-hybridized carbons (Fsp3) is 0.421. The second-order valence-corrected chi connectivity index (χ2v) is 6.58. The average molecular weight is 284 g/mol. The van der Waals surface area contributed by atoms with Crippen molar-refractivity contribution < 1.29 is 9.53 Å². The van der Waals surface area contributed by atoms with Gasteiger partial charge in [-0.05, 0) is 28.7 Å². The summed E-state index contributed by atoms with van der Waals surface area (Å²) in [5, 5.41) is 2.02. The fourth-order valence-corrected chi connectivity index (χ4v) is 2.53. The highest BCUT2D eigenvalue weighted by atomic mass is 16.5. The van der Waals surface area contributed by atoms with Gasteiger partial charge in [-0.15, -0.1) is 0 Å². The standard InChI is InChI=1S/C19H24O2/c1-5-9-17(19(2,3)4)21-18(20)16-13-8-11-14-10-6-7-12-15(14)16/h6-8,10-13,17H,5,9H2,1-4H3. The summed E-state index contributed by atoms with van der Waals surface area (Å²) in [6, 6.07) is 13.7. The van der Waals surface area contributed by atoms with E-state index in [2.05, 4.69) is 27.7 Å². The molecule has 0 saturated carbocycles. The maximum atomic E-state index is 12.6. The first kappa shape index (κ1) is 15.6. The minimum Gasteiger partial charge on any atom is -0.458 e. The molecule has 0 aliphatic heterocycles. The van der Waals surface area contributed by atoms with Gasteiger partial charge in [0.15, 0.2) is 0 Å². The Morgan fingerprint density at radius 3 is 2.43 bits per heavy atom. The predicted molar refractivity (Wildman–Crippen MR) is 87.5 cm³/mol. The van der Waals surface area contributed by atoms with Crippen molar-refractivity contribution in [2.45, 2.75) is 46.6 Å². The zero-order valence-electron chi connectivity index (χ0n) is 13.3. The average Bonchev–Trinajstić information content (AvgIpc) is 2.45. The van der Waals surface area contributed by atoms with Crippen LogP contribution in [0.25, 0.3) is 10.8 Å². The van der Waals surface area contributed by atoms with Crippen molar-refractivity contribution in [2.75, 3.05) is 0 Å². The van der Waals surface area contributed by atoms with Gasteiger partial charge in [0.25, 0.3) is 0 Å². The van der Waals surface area contributed by atoms with E-state index >= 15 is 0 Å². The van der Waals surface area contributed by atoms with E-state index in [1.54, 1.807) is 0 Å². The van der Waals surface area contributed by atoms with E-state index < -0.39 is 0 Å². The van der Waals surface area contributed by atoms with Crippen LogP contribution in [0.5, 0.6) is 0 Å². The van der Waals surface area contributed by atoms with Crippen molar-refractivity contribution in [1.29, 1.82) is 0 Å². The van der Waals surface area contributed by atoms with Gasteiger partial charge in [-0.1, -0.05) is 70.5 Å². The van der Waals surface area contributed by atoms with Gasteiger partial charge >= 0.3 is 5.97 Å². The van der Waals surface area contributed by atoms with Crippen LogP contribution in [0.4, 0.5) is 0 Å². The number of hydrogen-bond acceptors (Lipinski definition) is 2. The summed E-state index contributed by atoms with van der Waals surface area (Å²) in [5.41, 5.74) is 0.606. The summed E-state index contributed by atoms with van der Waals surface area (Å²) in [6.07, 6.45) is 1.83. The summed E-state index contributed by atoms with van der Waals surface area (Å²) in [5.74, 6) is -0.222. The molecule has 0 spiro atoms. The molecule has 0 saturated heterocycles. The highest BCUT2D eigenvalue weighted by Gasteiger charge is 2.28. The number of rotatable bonds is 4. The van der Waals surface area contributed by atoms with E-state index in [1.165, 1.54) is 0 Å². The maximum Gasteiger partial charge on any atom is 0.339 e. The van der Waals surface area contributed by atoms with Gasteiger partial charge in [0.2, 0.25) is 0 Å². The Labute approximate surface area is 127 Å². The third-order valence-corrected chi connectivity index (χ3v) is 3.78. The summed E-state index contributed by atoms with van der Waals surface area (Å²) in [7, 11) is 0. The van der Waals surface area contributed by atoms with Gasteiger partial charge in [-0.2, -0.15) is 0 Å². The van der Waals surface area contributed by atoms with Crippen LogP contribution in [0, 0.1) is 5.41 Å². The van der Waals surface area contributed by atoms with Crippen LogP contribution in [0.2, 0.25) is 0 Å². The predicted octanol–water partition coefficient (Wildman–Crippen LogP) is 5.21. The van der Waals surface area contributed by atoms with Crippen LogP contribution in [0.1, 0.15) is 50.9 Å². The first-order chi connectivity index (χ1) is 9.93. The van der Waals surface area contributed by atoms with Crippen LogP contribution in [-0.4, -0.2) is 12.1 Å². The van der Waals surface area contributed by atoms with Gasteiger partial charge < -0.3 is 4.74 Å². The monoisotopic (exact) mass is 284 g/mol. The fourth-order valence-electron chi connectivity index (χ4n) is 2.53. The SMILES string of the molecule is CCCC(OC(=O)c1cccc2ccccc12)C(C)(C)C. The molecule has 0 aliphatic rings. The third-order valence-electron chi connectivity index (χ3n) is 3.78. The molecule has 0 aromatic heterocycles. The Kier molecular flexibility index (Phi) is 4.66. The highest BCUT2D eigenvalue weighted by molar-refractivity contribution is 6.04. The molecule has 0 N–H and O–H groups in total. The normalized spacial score (nSPS) is 13.1. The molecule has 0 bridgehead atoms. The van der Waals surface area contributed by atoms with Gasteiger partial charge in [-0.3, -0.25) is 0 Å². The molecule has 2 heteroatoms. The summed E-state index contributed by atoms with van der Waals surface area (Å²) < 4.78 is 5.81. The molecule has 1 atom stereocenters. The minimum atomic E-state index is -0.222. The first-order valence-electron chi connectivity index (χ1n) is 7.62. The number of benzene rings is 2. The Morgan fingerprint density at radius 2 is 1.76 bits per heavy atom. The molecule has 0 heterocycles. The second kappa shape index (κ2) is 6.30. The highest BCUT2D eigenvalue weighted by Crippen LogP contribution is 2.28. The van der Waals surface area contributed by atoms with Crippen molar-refractivity contribution in [3.8, 4) is 0 Å². The van der Waals surface area contributed by atoms with Gasteiger partial charge in [0.1, 0.15) is 6.10 Å². The van der Waals surface area contributed by atoms with E-state index in [0.29, 0.717) is 5.56 Å². The smallest absolute Gasteiger partial charge is 0.339 e. The molecule has 0 aliphatic carbocycles. The van der Waals surface area contributed by atoms with Crippen LogP contribution in [-0.2, 0) is 4.74 Å². The number of carbonyl (C=O) groups excluding carboxylic acids is 1. The molecule has 1 unspecified atom stereocenters. The lowest BCUT2D eigenvalue weighted by Gasteiger charge is -2.30. The van der Waals surface area contributed by atoms with E-state index in [4.69, 9.17) is 4.74 Å². The maximum absolute atomic E-state index is 12.6. The third kappa shape index (κ3) is 3.63. The number of carbonyl (C=O) groups is 1. The van der Waals surface area contributed by atoms with Crippen molar-refractivity contribution >= 4 is 16.7 Å². The second-order valence-electron chi connectivity index (χ2n) is 6.58. The molecule has 0 radical (unpaired) electrons. The lowest BCUT2D eigenvalue weighted by molar-refractivity contribution is -0.00599. The van der Waals surface area contributed by atoms with E-state index in [1.807, 2.05) is 42.5 Å². The molecule has 0 fully saturated rings. The van der Waals surface area contributed by atoms with Gasteiger partial charge in [0.05, 0.1) is 5.56 Å². The van der Waals surface area contributed by atoms with Crippen LogP contribution < -0.4 is 0 Å². The van der Waals surface area contributed by atoms with E-state index in [0.717, 1.165) is 23.6 Å². The van der Waals surface area contributed by atoms with Crippen LogP contribution >= 0.6 is 0 Å². The molecule has 21 heavy (non-hydrogen) atoms. The van der Waals surface area contributed by atoms with E-state index in [-0.39, 0.29) is 17.5 Å². The quantitative estimate of drug-likeness (QED) is 0.720. The molecule has 2 nitrogen and oxygen atoms in total.